The summed E-state index contributed by atoms with van der Waals surface area (Å²) in [6.45, 7) is -0.250. The first kappa shape index (κ1) is 18.9. The van der Waals surface area contributed by atoms with Gasteiger partial charge in [-0.3, -0.25) is 14.4 Å². The third kappa shape index (κ3) is 5.91. The molecule has 0 aliphatic carbocycles. The van der Waals surface area contributed by atoms with Crippen molar-refractivity contribution in [1.29, 1.82) is 0 Å². The summed E-state index contributed by atoms with van der Waals surface area (Å²) in [6.07, 6.45) is 1.32. The van der Waals surface area contributed by atoms with Gasteiger partial charge in [-0.15, -0.1) is 0 Å². The van der Waals surface area contributed by atoms with E-state index < -0.39 is 17.7 Å². The van der Waals surface area contributed by atoms with E-state index in [9.17, 15) is 14.4 Å². The van der Waals surface area contributed by atoms with Crippen molar-refractivity contribution >= 4 is 41.2 Å². The SMILES string of the molecule is NC(=O)COc1cccc(/C=N\NC(=O)C(=O)Nc2ccccc2Cl)c1. The Labute approximate surface area is 154 Å². The molecule has 0 aliphatic rings. The number of para-hydroxylation sites is 1. The maximum atomic E-state index is 11.8. The molecule has 0 atom stereocenters. The summed E-state index contributed by atoms with van der Waals surface area (Å²) in [5.41, 5.74) is 8.00. The highest BCUT2D eigenvalue weighted by molar-refractivity contribution is 6.41. The zero-order valence-electron chi connectivity index (χ0n) is 13.4. The number of ether oxygens (including phenoxy) is 1. The van der Waals surface area contributed by atoms with Gasteiger partial charge < -0.3 is 15.8 Å². The summed E-state index contributed by atoms with van der Waals surface area (Å²) in [7, 11) is 0. The number of nitrogens with one attached hydrogen (secondary N) is 2. The molecule has 0 aliphatic heterocycles. The smallest absolute Gasteiger partial charge is 0.329 e. The highest BCUT2D eigenvalue weighted by atomic mass is 35.5. The monoisotopic (exact) mass is 374 g/mol. The van der Waals surface area contributed by atoms with E-state index in [1.54, 1.807) is 48.5 Å². The predicted octanol–water partition coefficient (Wildman–Crippen LogP) is 1.29. The molecule has 0 spiro atoms. The molecular formula is C17H15ClN4O4. The third-order valence-corrected chi connectivity index (χ3v) is 3.28. The number of amides is 3. The summed E-state index contributed by atoms with van der Waals surface area (Å²) in [5.74, 6) is -2.05. The number of hydrogen-bond acceptors (Lipinski definition) is 5. The van der Waals surface area contributed by atoms with Crippen LogP contribution in [0.3, 0.4) is 0 Å². The van der Waals surface area contributed by atoms with E-state index in [2.05, 4.69) is 15.8 Å². The molecule has 9 heteroatoms. The van der Waals surface area contributed by atoms with Gasteiger partial charge >= 0.3 is 11.8 Å². The van der Waals surface area contributed by atoms with Crippen LogP contribution in [0, 0.1) is 0 Å². The average Bonchev–Trinajstić information content (AvgIpc) is 2.62. The number of hydrogen-bond donors (Lipinski definition) is 3. The van der Waals surface area contributed by atoms with Gasteiger partial charge in [0.2, 0.25) is 0 Å². The van der Waals surface area contributed by atoms with Crippen LogP contribution in [0.4, 0.5) is 5.69 Å². The second kappa shape index (κ2) is 9.19. The quantitative estimate of drug-likeness (QED) is 0.400. The van der Waals surface area contributed by atoms with E-state index >= 15 is 0 Å². The minimum atomic E-state index is -0.956. The molecule has 134 valence electrons. The lowest BCUT2D eigenvalue weighted by atomic mass is 10.2. The number of carbonyl (C=O) groups excluding carboxylic acids is 3. The molecular weight excluding hydrogens is 360 g/mol. The number of benzene rings is 2. The lowest BCUT2D eigenvalue weighted by Gasteiger charge is -2.05. The second-order valence-corrected chi connectivity index (χ2v) is 5.37. The molecule has 2 rings (SSSR count). The van der Waals surface area contributed by atoms with Crippen LogP contribution < -0.4 is 21.2 Å². The van der Waals surface area contributed by atoms with Crippen molar-refractivity contribution in [2.45, 2.75) is 0 Å². The lowest BCUT2D eigenvalue weighted by Crippen LogP contribution is -2.32. The van der Waals surface area contributed by atoms with Crippen molar-refractivity contribution in [3.63, 3.8) is 0 Å². The van der Waals surface area contributed by atoms with Crippen LogP contribution in [0.2, 0.25) is 5.02 Å². The molecule has 0 heterocycles. The topological polar surface area (TPSA) is 123 Å². The molecule has 0 aromatic heterocycles. The molecule has 8 nitrogen and oxygen atoms in total. The molecule has 4 N–H and O–H groups in total. The Balaban J connectivity index is 1.90. The zero-order chi connectivity index (χ0) is 18.9. The van der Waals surface area contributed by atoms with Crippen LogP contribution in [0.1, 0.15) is 5.56 Å². The van der Waals surface area contributed by atoms with Crippen molar-refractivity contribution < 1.29 is 19.1 Å². The van der Waals surface area contributed by atoms with Gasteiger partial charge in [0.15, 0.2) is 6.61 Å². The Bertz CT molecular complexity index is 854. The van der Waals surface area contributed by atoms with Crippen LogP contribution in [-0.4, -0.2) is 30.5 Å². The molecule has 0 saturated heterocycles. The Kier molecular flexibility index (Phi) is 6.69. The highest BCUT2D eigenvalue weighted by Gasteiger charge is 2.14. The van der Waals surface area contributed by atoms with Gasteiger partial charge in [0.25, 0.3) is 5.91 Å². The van der Waals surface area contributed by atoms with Crippen LogP contribution in [0.15, 0.2) is 53.6 Å². The number of carbonyl (C=O) groups is 3. The van der Waals surface area contributed by atoms with Crippen LogP contribution >= 0.6 is 11.6 Å². The molecule has 26 heavy (non-hydrogen) atoms. The van der Waals surface area contributed by atoms with Gasteiger partial charge in [0, 0.05) is 0 Å². The number of hydrazone groups is 1. The fourth-order valence-corrected chi connectivity index (χ4v) is 1.98. The Hall–Kier alpha value is -3.39. The van der Waals surface area contributed by atoms with E-state index in [1.165, 1.54) is 6.21 Å². The number of nitrogens with zero attached hydrogens (tertiary/aromatic N) is 1. The van der Waals surface area contributed by atoms with Crippen molar-refractivity contribution in [3.8, 4) is 5.75 Å². The van der Waals surface area contributed by atoms with Gasteiger partial charge in [-0.25, -0.2) is 5.43 Å². The third-order valence-electron chi connectivity index (χ3n) is 2.95. The molecule has 0 unspecified atom stereocenters. The number of nitrogens with two attached hydrogens (primary N) is 1. The normalized spacial score (nSPS) is 10.3. The van der Waals surface area contributed by atoms with Crippen molar-refractivity contribution in [2.75, 3.05) is 11.9 Å². The first-order valence-electron chi connectivity index (χ1n) is 7.36. The minimum absolute atomic E-state index is 0.250. The first-order valence-corrected chi connectivity index (χ1v) is 7.73. The van der Waals surface area contributed by atoms with Crippen LogP contribution in [0.25, 0.3) is 0 Å². The first-order chi connectivity index (χ1) is 12.5. The van der Waals surface area contributed by atoms with Gasteiger partial charge in [-0.1, -0.05) is 35.9 Å². The number of rotatable bonds is 6. The maximum Gasteiger partial charge on any atom is 0.329 e. The summed E-state index contributed by atoms with van der Waals surface area (Å²) in [5, 5.41) is 6.38. The fourth-order valence-electron chi connectivity index (χ4n) is 1.80. The van der Waals surface area contributed by atoms with E-state index in [0.29, 0.717) is 22.0 Å². The zero-order valence-corrected chi connectivity index (χ0v) is 14.2. The maximum absolute atomic E-state index is 11.8. The molecule has 3 amide bonds. The number of halogens is 1. The molecule has 0 saturated carbocycles. The largest absolute Gasteiger partial charge is 0.484 e. The molecule has 0 fully saturated rings. The average molecular weight is 375 g/mol. The summed E-state index contributed by atoms with van der Waals surface area (Å²) < 4.78 is 5.15. The minimum Gasteiger partial charge on any atom is -0.484 e. The fraction of sp³-hybridized carbons (Fsp3) is 0.0588. The highest BCUT2D eigenvalue weighted by Crippen LogP contribution is 2.20. The summed E-state index contributed by atoms with van der Waals surface area (Å²) in [4.78, 5) is 34.2. The number of primary amides is 1. The van der Waals surface area contributed by atoms with Crippen molar-refractivity contribution in [1.82, 2.24) is 5.43 Å². The van der Waals surface area contributed by atoms with Gasteiger partial charge in [0.05, 0.1) is 16.9 Å². The van der Waals surface area contributed by atoms with E-state index in [1.807, 2.05) is 0 Å². The van der Waals surface area contributed by atoms with Gasteiger partial charge in [0.1, 0.15) is 5.75 Å². The van der Waals surface area contributed by atoms with E-state index in [4.69, 9.17) is 22.1 Å². The summed E-state index contributed by atoms with van der Waals surface area (Å²) >= 11 is 5.90. The van der Waals surface area contributed by atoms with E-state index in [0.717, 1.165) is 0 Å². The molecule has 2 aromatic carbocycles. The standard InChI is InChI=1S/C17H15ClN4O4/c18-13-6-1-2-7-14(13)21-16(24)17(25)22-20-9-11-4-3-5-12(8-11)26-10-15(19)23/h1-9H,10H2,(H2,19,23)(H,21,24)(H,22,25)/b20-9-. The molecule has 0 radical (unpaired) electrons. The van der Waals surface area contributed by atoms with Gasteiger partial charge in [-0.2, -0.15) is 5.10 Å². The van der Waals surface area contributed by atoms with Crippen LogP contribution in [0.5, 0.6) is 5.75 Å². The summed E-state index contributed by atoms with van der Waals surface area (Å²) in [6, 6.07) is 13.1. The Morgan fingerprint density at radius 1 is 1.12 bits per heavy atom. The lowest BCUT2D eigenvalue weighted by molar-refractivity contribution is -0.136. The second-order valence-electron chi connectivity index (χ2n) is 4.96. The van der Waals surface area contributed by atoms with E-state index in [-0.39, 0.29) is 6.61 Å². The van der Waals surface area contributed by atoms with Crippen LogP contribution in [-0.2, 0) is 14.4 Å². The Morgan fingerprint density at radius 3 is 2.62 bits per heavy atom. The Morgan fingerprint density at radius 2 is 1.88 bits per heavy atom. The number of anilines is 1. The molecule has 2 aromatic rings. The predicted molar refractivity (Wildman–Crippen MR) is 96.9 cm³/mol. The molecule has 0 bridgehead atoms. The van der Waals surface area contributed by atoms with Crippen molar-refractivity contribution in [2.24, 2.45) is 10.8 Å². The van der Waals surface area contributed by atoms with Crippen molar-refractivity contribution in [3.05, 3.63) is 59.1 Å². The van der Waals surface area contributed by atoms with Gasteiger partial charge in [-0.05, 0) is 29.8 Å².